The summed E-state index contributed by atoms with van der Waals surface area (Å²) < 4.78 is 40.9. The molecule has 0 aliphatic carbocycles. The highest BCUT2D eigenvalue weighted by Crippen LogP contribution is 2.22. The third-order valence-corrected chi connectivity index (χ3v) is 6.24. The first-order valence-electron chi connectivity index (χ1n) is 9.43. The van der Waals surface area contributed by atoms with E-state index in [1.807, 2.05) is 38.1 Å². The Bertz CT molecular complexity index is 1180. The Morgan fingerprint density at radius 1 is 0.933 bits per heavy atom. The number of carbonyl (C=O) groups is 1. The molecule has 0 aliphatic heterocycles. The maximum atomic E-state index is 13.1. The number of nitrogens with one attached hydrogen (secondary N) is 2. The molecular weight excluding hydrogens is 403 g/mol. The fourth-order valence-electron chi connectivity index (χ4n) is 3.17. The number of amides is 1. The number of sulfonamides is 1. The van der Waals surface area contributed by atoms with Crippen molar-refractivity contribution in [3.8, 4) is 0 Å². The van der Waals surface area contributed by atoms with Crippen molar-refractivity contribution in [2.45, 2.75) is 31.7 Å². The fourth-order valence-corrected chi connectivity index (χ4v) is 4.25. The average molecular weight is 427 g/mol. The lowest BCUT2D eigenvalue weighted by Crippen LogP contribution is -2.28. The molecule has 0 bridgehead atoms. The molecule has 1 atom stereocenters. The molecule has 1 amide bonds. The molecule has 3 aromatic rings. The largest absolute Gasteiger partial charge is 0.345 e. The van der Waals surface area contributed by atoms with Crippen molar-refractivity contribution in [1.82, 2.24) is 5.32 Å². The van der Waals surface area contributed by atoms with Gasteiger partial charge in [-0.15, -0.1) is 0 Å². The zero-order chi connectivity index (χ0) is 21.9. The van der Waals surface area contributed by atoms with Crippen LogP contribution >= 0.6 is 0 Å². The molecule has 3 aromatic carbocycles. The molecule has 156 valence electrons. The molecule has 0 saturated carbocycles. The smallest absolute Gasteiger partial charge is 0.261 e. The average Bonchev–Trinajstić information content (AvgIpc) is 2.70. The topological polar surface area (TPSA) is 75.3 Å². The molecule has 0 spiro atoms. The van der Waals surface area contributed by atoms with Crippen molar-refractivity contribution in [3.63, 3.8) is 0 Å². The lowest BCUT2D eigenvalue weighted by Gasteiger charge is -2.18. The predicted molar refractivity (Wildman–Crippen MR) is 115 cm³/mol. The summed E-state index contributed by atoms with van der Waals surface area (Å²) in [5.41, 5.74) is 3.21. The summed E-state index contributed by atoms with van der Waals surface area (Å²) in [5.74, 6) is -0.822. The van der Waals surface area contributed by atoms with Crippen LogP contribution < -0.4 is 10.0 Å². The van der Waals surface area contributed by atoms with Crippen LogP contribution in [0.4, 0.5) is 10.1 Å². The van der Waals surface area contributed by atoms with E-state index in [-0.39, 0.29) is 28.1 Å². The van der Waals surface area contributed by atoms with Gasteiger partial charge in [-0.05, 0) is 73.9 Å². The highest BCUT2D eigenvalue weighted by atomic mass is 32.2. The molecule has 0 fully saturated rings. The summed E-state index contributed by atoms with van der Waals surface area (Å²) in [4.78, 5) is 12.8. The van der Waals surface area contributed by atoms with Gasteiger partial charge in [-0.1, -0.05) is 30.3 Å². The van der Waals surface area contributed by atoms with Crippen LogP contribution in [-0.4, -0.2) is 14.3 Å². The second-order valence-corrected chi connectivity index (χ2v) is 8.82. The first kappa shape index (κ1) is 21.5. The van der Waals surface area contributed by atoms with Crippen LogP contribution in [0.1, 0.15) is 40.0 Å². The summed E-state index contributed by atoms with van der Waals surface area (Å²) in [5, 5.41) is 2.93. The Hall–Kier alpha value is -3.19. The molecule has 0 saturated heterocycles. The van der Waals surface area contributed by atoms with Gasteiger partial charge in [0.25, 0.3) is 15.9 Å². The van der Waals surface area contributed by atoms with Gasteiger partial charge in [0, 0.05) is 11.3 Å². The maximum absolute atomic E-state index is 13.1. The number of rotatable bonds is 6. The van der Waals surface area contributed by atoms with Gasteiger partial charge in [0.2, 0.25) is 0 Å². The van der Waals surface area contributed by atoms with Gasteiger partial charge in [0.1, 0.15) is 5.82 Å². The van der Waals surface area contributed by atoms with Gasteiger partial charge in [-0.3, -0.25) is 9.52 Å². The number of carbonyl (C=O) groups excluding carboxylic acids is 1. The van der Waals surface area contributed by atoms with Gasteiger partial charge < -0.3 is 5.32 Å². The molecule has 0 aromatic heterocycles. The summed E-state index contributed by atoms with van der Waals surface area (Å²) in [6.45, 7) is 5.60. The number of hydrogen-bond donors (Lipinski definition) is 2. The SMILES string of the molecule is Cc1ccc(S(=O)(=O)Nc2ccc(F)cc2)cc1C(=O)NC(C)c1ccccc1C. The van der Waals surface area contributed by atoms with E-state index in [1.54, 1.807) is 13.0 Å². The van der Waals surface area contributed by atoms with E-state index < -0.39 is 15.8 Å². The van der Waals surface area contributed by atoms with Crippen molar-refractivity contribution in [3.05, 3.63) is 94.8 Å². The predicted octanol–water partition coefficient (Wildman–Crippen LogP) is 4.73. The Labute approximate surface area is 176 Å². The molecule has 2 N–H and O–H groups in total. The molecule has 0 heterocycles. The first-order valence-corrected chi connectivity index (χ1v) is 10.9. The Morgan fingerprint density at radius 3 is 2.27 bits per heavy atom. The van der Waals surface area contributed by atoms with Crippen LogP contribution in [0.15, 0.2) is 71.6 Å². The lowest BCUT2D eigenvalue weighted by atomic mass is 10.0. The van der Waals surface area contributed by atoms with E-state index in [9.17, 15) is 17.6 Å². The molecule has 30 heavy (non-hydrogen) atoms. The van der Waals surface area contributed by atoms with Crippen LogP contribution in [-0.2, 0) is 10.0 Å². The maximum Gasteiger partial charge on any atom is 0.261 e. The van der Waals surface area contributed by atoms with Crippen LogP contribution in [0.3, 0.4) is 0 Å². The van der Waals surface area contributed by atoms with E-state index >= 15 is 0 Å². The van der Waals surface area contributed by atoms with Crippen molar-refractivity contribution in [2.24, 2.45) is 0 Å². The Kier molecular flexibility index (Phi) is 6.22. The van der Waals surface area contributed by atoms with Crippen molar-refractivity contribution in [1.29, 1.82) is 0 Å². The molecule has 0 aliphatic rings. The van der Waals surface area contributed by atoms with Crippen LogP contribution in [0.2, 0.25) is 0 Å². The minimum Gasteiger partial charge on any atom is -0.345 e. The van der Waals surface area contributed by atoms with Gasteiger partial charge >= 0.3 is 0 Å². The highest BCUT2D eigenvalue weighted by molar-refractivity contribution is 7.92. The number of anilines is 1. The van der Waals surface area contributed by atoms with E-state index in [2.05, 4.69) is 10.0 Å². The van der Waals surface area contributed by atoms with Crippen LogP contribution in [0, 0.1) is 19.7 Å². The third-order valence-electron chi connectivity index (χ3n) is 4.86. The van der Waals surface area contributed by atoms with Gasteiger partial charge in [-0.2, -0.15) is 0 Å². The first-order chi connectivity index (χ1) is 14.2. The zero-order valence-corrected chi connectivity index (χ0v) is 17.8. The fraction of sp³-hybridized carbons (Fsp3) is 0.174. The van der Waals surface area contributed by atoms with E-state index in [0.717, 1.165) is 11.1 Å². The molecule has 0 radical (unpaired) electrons. The number of halogens is 1. The second-order valence-electron chi connectivity index (χ2n) is 7.14. The minimum absolute atomic E-state index is 0.0499. The van der Waals surface area contributed by atoms with Crippen molar-refractivity contribution in [2.75, 3.05) is 4.72 Å². The van der Waals surface area contributed by atoms with Gasteiger partial charge in [-0.25, -0.2) is 12.8 Å². The number of hydrogen-bond acceptors (Lipinski definition) is 3. The van der Waals surface area contributed by atoms with Crippen LogP contribution in [0.25, 0.3) is 0 Å². The summed E-state index contributed by atoms with van der Waals surface area (Å²) in [7, 11) is -3.94. The van der Waals surface area contributed by atoms with Crippen LogP contribution in [0.5, 0.6) is 0 Å². The summed E-state index contributed by atoms with van der Waals surface area (Å²) in [6, 6.07) is 16.9. The second kappa shape index (κ2) is 8.67. The zero-order valence-electron chi connectivity index (χ0n) is 16.9. The summed E-state index contributed by atoms with van der Waals surface area (Å²) in [6.07, 6.45) is 0. The van der Waals surface area contributed by atoms with Gasteiger partial charge in [0.05, 0.1) is 10.9 Å². The van der Waals surface area contributed by atoms with E-state index in [0.29, 0.717) is 5.56 Å². The quantitative estimate of drug-likeness (QED) is 0.598. The molecule has 3 rings (SSSR count). The minimum atomic E-state index is -3.94. The highest BCUT2D eigenvalue weighted by Gasteiger charge is 2.20. The Balaban J connectivity index is 1.84. The monoisotopic (exact) mass is 426 g/mol. The Morgan fingerprint density at radius 2 is 1.60 bits per heavy atom. The van der Waals surface area contributed by atoms with E-state index in [1.165, 1.54) is 36.4 Å². The number of benzene rings is 3. The number of aryl methyl sites for hydroxylation is 2. The van der Waals surface area contributed by atoms with Gasteiger partial charge in [0.15, 0.2) is 0 Å². The standard InChI is InChI=1S/C23H23FN2O3S/c1-15-6-4-5-7-21(15)17(3)25-23(27)22-14-20(13-8-16(22)2)30(28,29)26-19-11-9-18(24)10-12-19/h4-14,17,26H,1-3H3,(H,25,27). The van der Waals surface area contributed by atoms with Crippen molar-refractivity contribution < 1.29 is 17.6 Å². The summed E-state index contributed by atoms with van der Waals surface area (Å²) >= 11 is 0. The molecule has 7 heteroatoms. The third kappa shape index (κ3) is 4.86. The normalized spacial score (nSPS) is 12.3. The van der Waals surface area contributed by atoms with Crippen molar-refractivity contribution >= 4 is 21.6 Å². The lowest BCUT2D eigenvalue weighted by molar-refractivity contribution is 0.0939. The molecule has 5 nitrogen and oxygen atoms in total. The molecular formula is C23H23FN2O3S. The molecule has 1 unspecified atom stereocenters. The van der Waals surface area contributed by atoms with E-state index in [4.69, 9.17) is 0 Å².